The molecule has 1 atom stereocenters. The minimum atomic E-state index is -1.25. The molecule has 5 heteroatoms. The molecule has 0 bridgehead atoms. The molecule has 0 aliphatic heterocycles. The molecule has 0 aromatic heterocycles. The van der Waals surface area contributed by atoms with Crippen molar-refractivity contribution in [2.75, 3.05) is 5.75 Å². The van der Waals surface area contributed by atoms with E-state index < -0.39 is 17.7 Å². The lowest BCUT2D eigenvalue weighted by atomic mass is 10.1. The Morgan fingerprint density at radius 1 is 0.947 bits per heavy atom. The van der Waals surface area contributed by atoms with Crippen molar-refractivity contribution in [2.45, 2.75) is 11.0 Å². The van der Waals surface area contributed by atoms with Crippen molar-refractivity contribution in [3.63, 3.8) is 0 Å². The second-order valence-corrected chi connectivity index (χ2v) is 5.01. The van der Waals surface area contributed by atoms with E-state index in [-0.39, 0.29) is 17.1 Å². The van der Waals surface area contributed by atoms with E-state index in [4.69, 9.17) is 0 Å². The Labute approximate surface area is 113 Å². The summed E-state index contributed by atoms with van der Waals surface area (Å²) in [5, 5.41) is 9.82. The third kappa shape index (κ3) is 3.52. The SMILES string of the molecule is OC(CSc1ccc(F)cc1)c1c(F)cccc1F. The summed E-state index contributed by atoms with van der Waals surface area (Å²) in [7, 11) is 0. The molecule has 0 spiro atoms. The average Bonchev–Trinajstić information content (AvgIpc) is 2.38. The van der Waals surface area contributed by atoms with Gasteiger partial charge >= 0.3 is 0 Å². The van der Waals surface area contributed by atoms with E-state index in [2.05, 4.69) is 0 Å². The van der Waals surface area contributed by atoms with Crippen LogP contribution in [0.15, 0.2) is 47.4 Å². The number of benzene rings is 2. The second-order valence-electron chi connectivity index (χ2n) is 3.92. The van der Waals surface area contributed by atoms with Crippen LogP contribution in [-0.4, -0.2) is 10.9 Å². The molecule has 0 amide bonds. The van der Waals surface area contributed by atoms with Crippen LogP contribution in [0.2, 0.25) is 0 Å². The van der Waals surface area contributed by atoms with Gasteiger partial charge in [-0.1, -0.05) is 6.07 Å². The summed E-state index contributed by atoms with van der Waals surface area (Å²) in [4.78, 5) is 0.720. The van der Waals surface area contributed by atoms with Gasteiger partial charge in [-0.25, -0.2) is 13.2 Å². The Kier molecular flexibility index (Phi) is 4.50. The topological polar surface area (TPSA) is 20.2 Å². The maximum absolute atomic E-state index is 13.4. The molecule has 1 N–H and O–H groups in total. The van der Waals surface area contributed by atoms with Gasteiger partial charge in [0.05, 0.1) is 11.7 Å². The quantitative estimate of drug-likeness (QED) is 0.858. The summed E-state index contributed by atoms with van der Waals surface area (Å²) in [5.74, 6) is -1.81. The Hall–Kier alpha value is -1.46. The van der Waals surface area contributed by atoms with Crippen LogP contribution in [0.3, 0.4) is 0 Å². The van der Waals surface area contributed by atoms with Crippen LogP contribution in [0.4, 0.5) is 13.2 Å². The fourth-order valence-corrected chi connectivity index (χ4v) is 2.46. The molecule has 100 valence electrons. The lowest BCUT2D eigenvalue weighted by Gasteiger charge is -2.12. The number of hydrogen-bond donors (Lipinski definition) is 1. The fraction of sp³-hybridized carbons (Fsp3) is 0.143. The summed E-state index contributed by atoms with van der Waals surface area (Å²) in [6.07, 6.45) is -1.25. The largest absolute Gasteiger partial charge is 0.387 e. The fourth-order valence-electron chi connectivity index (χ4n) is 1.62. The predicted molar refractivity (Wildman–Crippen MR) is 68.4 cm³/mol. The molecular weight excluding hydrogens is 273 g/mol. The van der Waals surface area contributed by atoms with E-state index in [1.165, 1.54) is 30.0 Å². The molecule has 0 fully saturated rings. The van der Waals surface area contributed by atoms with E-state index in [0.29, 0.717) is 0 Å². The van der Waals surface area contributed by atoms with Crippen LogP contribution in [0.25, 0.3) is 0 Å². The van der Waals surface area contributed by atoms with E-state index in [1.807, 2.05) is 0 Å². The maximum atomic E-state index is 13.4. The molecule has 1 nitrogen and oxygen atoms in total. The molecule has 0 heterocycles. The highest BCUT2D eigenvalue weighted by Gasteiger charge is 2.17. The highest BCUT2D eigenvalue weighted by Crippen LogP contribution is 2.27. The summed E-state index contributed by atoms with van der Waals surface area (Å²) in [5.41, 5.74) is -0.336. The molecule has 19 heavy (non-hydrogen) atoms. The Morgan fingerprint density at radius 2 is 1.53 bits per heavy atom. The van der Waals surface area contributed by atoms with Crippen LogP contribution in [0, 0.1) is 17.5 Å². The van der Waals surface area contributed by atoms with Gasteiger partial charge < -0.3 is 5.11 Å². The number of thioether (sulfide) groups is 1. The van der Waals surface area contributed by atoms with E-state index >= 15 is 0 Å². The zero-order chi connectivity index (χ0) is 13.8. The van der Waals surface area contributed by atoms with Gasteiger partial charge in [0.2, 0.25) is 0 Å². The van der Waals surface area contributed by atoms with Crippen LogP contribution < -0.4 is 0 Å². The lowest BCUT2D eigenvalue weighted by Crippen LogP contribution is -2.06. The Balaban J connectivity index is 2.05. The zero-order valence-corrected chi connectivity index (χ0v) is 10.6. The van der Waals surface area contributed by atoms with Gasteiger partial charge in [0.25, 0.3) is 0 Å². The molecule has 0 radical (unpaired) electrons. The minimum Gasteiger partial charge on any atom is -0.387 e. The molecule has 0 saturated heterocycles. The van der Waals surface area contributed by atoms with E-state index in [0.717, 1.165) is 17.0 Å². The van der Waals surface area contributed by atoms with Gasteiger partial charge in [-0.15, -0.1) is 11.8 Å². The molecule has 0 aliphatic rings. The molecule has 2 rings (SSSR count). The smallest absolute Gasteiger partial charge is 0.131 e. The minimum absolute atomic E-state index is 0.0868. The number of hydrogen-bond acceptors (Lipinski definition) is 2. The summed E-state index contributed by atoms with van der Waals surface area (Å²) in [6.45, 7) is 0. The van der Waals surface area contributed by atoms with Crippen molar-refractivity contribution < 1.29 is 18.3 Å². The maximum Gasteiger partial charge on any atom is 0.131 e. The zero-order valence-electron chi connectivity index (χ0n) is 9.82. The predicted octanol–water partition coefficient (Wildman–Crippen LogP) is 3.93. The van der Waals surface area contributed by atoms with Gasteiger partial charge in [0.15, 0.2) is 0 Å². The summed E-state index contributed by atoms with van der Waals surface area (Å²) >= 11 is 1.20. The van der Waals surface area contributed by atoms with Crippen LogP contribution in [-0.2, 0) is 0 Å². The third-order valence-corrected chi connectivity index (χ3v) is 3.64. The standard InChI is InChI=1S/C14H11F3OS/c15-9-4-6-10(7-5-9)19-8-13(18)14-11(16)2-1-3-12(14)17/h1-7,13,18H,8H2. The molecule has 0 aliphatic carbocycles. The molecule has 1 unspecified atom stereocenters. The number of halogens is 3. The molecule has 0 saturated carbocycles. The first-order valence-corrected chi connectivity index (χ1v) is 6.57. The summed E-state index contributed by atoms with van der Waals surface area (Å²) < 4.78 is 39.5. The van der Waals surface area contributed by atoms with Crippen LogP contribution in [0.1, 0.15) is 11.7 Å². The van der Waals surface area contributed by atoms with Crippen molar-refractivity contribution in [1.29, 1.82) is 0 Å². The van der Waals surface area contributed by atoms with Gasteiger partial charge in [0, 0.05) is 10.6 Å². The highest BCUT2D eigenvalue weighted by atomic mass is 32.2. The van der Waals surface area contributed by atoms with E-state index in [1.54, 1.807) is 12.1 Å². The van der Waals surface area contributed by atoms with E-state index in [9.17, 15) is 18.3 Å². The van der Waals surface area contributed by atoms with Crippen LogP contribution in [0.5, 0.6) is 0 Å². The first kappa shape index (κ1) is 14.0. The van der Waals surface area contributed by atoms with Crippen molar-refractivity contribution in [3.05, 3.63) is 65.5 Å². The van der Waals surface area contributed by atoms with Crippen molar-refractivity contribution in [3.8, 4) is 0 Å². The van der Waals surface area contributed by atoms with Crippen LogP contribution >= 0.6 is 11.8 Å². The lowest BCUT2D eigenvalue weighted by molar-refractivity contribution is 0.193. The monoisotopic (exact) mass is 284 g/mol. The number of aliphatic hydroxyl groups excluding tert-OH is 1. The second kappa shape index (κ2) is 6.12. The molecular formula is C14H11F3OS. The Bertz CT molecular complexity index is 537. The molecule has 2 aromatic carbocycles. The first-order chi connectivity index (χ1) is 9.08. The van der Waals surface area contributed by atoms with Gasteiger partial charge in [-0.2, -0.15) is 0 Å². The summed E-state index contributed by atoms with van der Waals surface area (Å²) in [6, 6.07) is 9.12. The van der Waals surface area contributed by atoms with Crippen molar-refractivity contribution >= 4 is 11.8 Å². The van der Waals surface area contributed by atoms with Gasteiger partial charge in [0.1, 0.15) is 17.5 Å². The number of aliphatic hydroxyl groups is 1. The normalized spacial score (nSPS) is 12.4. The molecule has 2 aromatic rings. The first-order valence-electron chi connectivity index (χ1n) is 5.58. The number of rotatable bonds is 4. The van der Waals surface area contributed by atoms with Crippen molar-refractivity contribution in [1.82, 2.24) is 0 Å². The van der Waals surface area contributed by atoms with Crippen molar-refractivity contribution in [2.24, 2.45) is 0 Å². The van der Waals surface area contributed by atoms with Gasteiger partial charge in [-0.05, 0) is 36.4 Å². The Morgan fingerprint density at radius 3 is 2.11 bits per heavy atom. The highest BCUT2D eigenvalue weighted by molar-refractivity contribution is 7.99. The van der Waals surface area contributed by atoms with Gasteiger partial charge in [-0.3, -0.25) is 0 Å². The third-order valence-electron chi connectivity index (χ3n) is 2.55. The average molecular weight is 284 g/mol.